The molecule has 0 radical (unpaired) electrons. The maximum atomic E-state index is 12.5. The molecule has 0 aliphatic carbocycles. The van der Waals surface area contributed by atoms with Gasteiger partial charge < -0.3 is 20.1 Å². The molecule has 2 aliphatic rings. The summed E-state index contributed by atoms with van der Waals surface area (Å²) in [5.74, 6) is 1.02. The molecule has 1 unspecified atom stereocenters. The molecule has 138 valence electrons. The first-order valence-electron chi connectivity index (χ1n) is 9.33. The van der Waals surface area contributed by atoms with E-state index < -0.39 is 6.10 Å². The van der Waals surface area contributed by atoms with Crippen molar-refractivity contribution in [1.29, 1.82) is 0 Å². The molecule has 2 atom stereocenters. The number of hydrogen-bond acceptors (Lipinski definition) is 5. The summed E-state index contributed by atoms with van der Waals surface area (Å²) in [6.07, 6.45) is 2.73. The van der Waals surface area contributed by atoms with Gasteiger partial charge in [0.1, 0.15) is 18.5 Å². The Hall–Kier alpha value is -1.63. The number of β-amino-alcohol motifs (C(OH)–C–C–N with tert-alkyl or cyclic N) is 1. The number of carbonyl (C=O) groups excluding carboxylic acids is 1. The molecule has 6 nitrogen and oxygen atoms in total. The zero-order valence-electron chi connectivity index (χ0n) is 14.8. The van der Waals surface area contributed by atoms with E-state index in [2.05, 4.69) is 10.2 Å². The fourth-order valence-electron chi connectivity index (χ4n) is 3.49. The second kappa shape index (κ2) is 9.17. The van der Waals surface area contributed by atoms with Crippen LogP contribution in [0, 0.1) is 0 Å². The predicted octanol–water partition coefficient (Wildman–Crippen LogP) is 0.713. The van der Waals surface area contributed by atoms with Gasteiger partial charge in [0.2, 0.25) is 5.91 Å². The van der Waals surface area contributed by atoms with Crippen molar-refractivity contribution in [2.75, 3.05) is 45.9 Å². The number of piperidine rings is 1. The van der Waals surface area contributed by atoms with Crippen LogP contribution in [0.5, 0.6) is 5.75 Å². The normalized spacial score (nSPS) is 23.2. The standard InChI is InChI=1S/C19H29N3O3/c23-16(15-25-17-6-2-1-3-7-17)14-21-10-12-22(13-11-21)19(24)18-8-4-5-9-20-18/h1-3,6-7,16,18,20,23H,4-5,8-15H2/t16?,18-/m1/s1. The number of amides is 1. The molecule has 2 N–H and O–H groups in total. The molecule has 1 aromatic carbocycles. The van der Waals surface area contributed by atoms with E-state index in [4.69, 9.17) is 4.74 Å². The summed E-state index contributed by atoms with van der Waals surface area (Å²) in [6, 6.07) is 9.54. The second-order valence-corrected chi connectivity index (χ2v) is 6.91. The monoisotopic (exact) mass is 347 g/mol. The summed E-state index contributed by atoms with van der Waals surface area (Å²) < 4.78 is 5.60. The molecule has 1 aromatic rings. The van der Waals surface area contributed by atoms with Crippen molar-refractivity contribution in [3.63, 3.8) is 0 Å². The summed E-state index contributed by atoms with van der Waals surface area (Å²) in [4.78, 5) is 16.7. The van der Waals surface area contributed by atoms with Gasteiger partial charge in [-0.25, -0.2) is 0 Å². The van der Waals surface area contributed by atoms with Crippen molar-refractivity contribution < 1.29 is 14.6 Å². The lowest BCUT2D eigenvalue weighted by Gasteiger charge is -2.37. The van der Waals surface area contributed by atoms with Gasteiger partial charge >= 0.3 is 0 Å². The van der Waals surface area contributed by atoms with Crippen LogP contribution in [-0.4, -0.2) is 78.8 Å². The number of aliphatic hydroxyl groups excluding tert-OH is 1. The molecule has 25 heavy (non-hydrogen) atoms. The first kappa shape index (κ1) is 18.2. The fraction of sp³-hybridized carbons (Fsp3) is 0.632. The summed E-state index contributed by atoms with van der Waals surface area (Å²) in [7, 11) is 0. The molecule has 2 fully saturated rings. The fourth-order valence-corrected chi connectivity index (χ4v) is 3.49. The lowest BCUT2D eigenvalue weighted by atomic mass is 10.0. The van der Waals surface area contributed by atoms with Gasteiger partial charge in [0.25, 0.3) is 0 Å². The van der Waals surface area contributed by atoms with Gasteiger partial charge in [-0.1, -0.05) is 24.6 Å². The van der Waals surface area contributed by atoms with Crippen LogP contribution in [0.3, 0.4) is 0 Å². The molecule has 0 aromatic heterocycles. The zero-order valence-corrected chi connectivity index (χ0v) is 14.8. The number of para-hydroxylation sites is 1. The molecule has 0 spiro atoms. The van der Waals surface area contributed by atoms with Crippen molar-refractivity contribution in [2.45, 2.75) is 31.4 Å². The number of hydrogen-bond donors (Lipinski definition) is 2. The number of piperazine rings is 1. The highest BCUT2D eigenvalue weighted by Crippen LogP contribution is 2.13. The maximum Gasteiger partial charge on any atom is 0.239 e. The molecular formula is C19H29N3O3. The Balaban J connectivity index is 1.36. The third-order valence-corrected chi connectivity index (χ3v) is 4.95. The third kappa shape index (κ3) is 5.42. The van der Waals surface area contributed by atoms with Crippen LogP contribution >= 0.6 is 0 Å². The second-order valence-electron chi connectivity index (χ2n) is 6.91. The molecular weight excluding hydrogens is 318 g/mol. The zero-order chi connectivity index (χ0) is 17.5. The molecule has 0 saturated carbocycles. The van der Waals surface area contributed by atoms with E-state index in [1.54, 1.807) is 0 Å². The van der Waals surface area contributed by atoms with Gasteiger partial charge in [-0.2, -0.15) is 0 Å². The summed E-state index contributed by atoms with van der Waals surface area (Å²) in [5.41, 5.74) is 0. The van der Waals surface area contributed by atoms with Gasteiger partial charge in [0, 0.05) is 32.7 Å². The van der Waals surface area contributed by atoms with Gasteiger partial charge in [0.05, 0.1) is 6.04 Å². The van der Waals surface area contributed by atoms with Crippen molar-refractivity contribution in [3.05, 3.63) is 30.3 Å². The largest absolute Gasteiger partial charge is 0.491 e. The van der Waals surface area contributed by atoms with Crippen LogP contribution in [0.4, 0.5) is 0 Å². The number of nitrogens with one attached hydrogen (secondary N) is 1. The van der Waals surface area contributed by atoms with Crippen LogP contribution in [0.25, 0.3) is 0 Å². The molecule has 0 bridgehead atoms. The first-order chi connectivity index (χ1) is 12.2. The quantitative estimate of drug-likeness (QED) is 0.794. The van der Waals surface area contributed by atoms with Gasteiger partial charge in [-0.05, 0) is 31.5 Å². The molecule has 6 heteroatoms. The molecule has 2 aliphatic heterocycles. The van der Waals surface area contributed by atoms with E-state index in [1.807, 2.05) is 35.2 Å². The van der Waals surface area contributed by atoms with Gasteiger partial charge in [-0.3, -0.25) is 9.69 Å². The average molecular weight is 347 g/mol. The lowest BCUT2D eigenvalue weighted by Crippen LogP contribution is -2.55. The van der Waals surface area contributed by atoms with Crippen LogP contribution in [0.15, 0.2) is 30.3 Å². The predicted molar refractivity (Wildman–Crippen MR) is 96.6 cm³/mol. The van der Waals surface area contributed by atoms with Gasteiger partial charge in [0.15, 0.2) is 0 Å². The highest BCUT2D eigenvalue weighted by molar-refractivity contribution is 5.82. The Morgan fingerprint density at radius 1 is 1.20 bits per heavy atom. The molecule has 1 amide bonds. The van der Waals surface area contributed by atoms with Crippen LogP contribution in [0.1, 0.15) is 19.3 Å². The van der Waals surface area contributed by atoms with E-state index in [9.17, 15) is 9.90 Å². The van der Waals surface area contributed by atoms with E-state index in [1.165, 1.54) is 6.42 Å². The van der Waals surface area contributed by atoms with E-state index in [0.29, 0.717) is 6.54 Å². The number of ether oxygens (including phenoxy) is 1. The number of benzene rings is 1. The van der Waals surface area contributed by atoms with Crippen molar-refractivity contribution in [1.82, 2.24) is 15.1 Å². The Labute approximate surface area is 149 Å². The highest BCUT2D eigenvalue weighted by atomic mass is 16.5. The van der Waals surface area contributed by atoms with Gasteiger partial charge in [-0.15, -0.1) is 0 Å². The van der Waals surface area contributed by atoms with Crippen LogP contribution < -0.4 is 10.1 Å². The average Bonchev–Trinajstić information content (AvgIpc) is 2.68. The Morgan fingerprint density at radius 3 is 2.64 bits per heavy atom. The highest BCUT2D eigenvalue weighted by Gasteiger charge is 2.28. The summed E-state index contributed by atoms with van der Waals surface area (Å²) in [6.45, 7) is 4.91. The number of rotatable bonds is 6. The summed E-state index contributed by atoms with van der Waals surface area (Å²) in [5, 5.41) is 13.5. The summed E-state index contributed by atoms with van der Waals surface area (Å²) >= 11 is 0. The smallest absolute Gasteiger partial charge is 0.239 e. The van der Waals surface area contributed by atoms with E-state index in [0.717, 1.165) is 51.3 Å². The number of aliphatic hydroxyl groups is 1. The minimum atomic E-state index is -0.525. The van der Waals surface area contributed by atoms with Crippen molar-refractivity contribution in [3.8, 4) is 5.75 Å². The topological polar surface area (TPSA) is 65.0 Å². The number of nitrogens with zero attached hydrogens (tertiary/aromatic N) is 2. The first-order valence-corrected chi connectivity index (χ1v) is 9.33. The van der Waals surface area contributed by atoms with Crippen LogP contribution in [0.2, 0.25) is 0 Å². The Bertz CT molecular complexity index is 526. The Morgan fingerprint density at radius 2 is 1.96 bits per heavy atom. The van der Waals surface area contributed by atoms with E-state index >= 15 is 0 Å². The number of carbonyl (C=O) groups is 1. The Kier molecular flexibility index (Phi) is 6.67. The molecule has 2 saturated heterocycles. The third-order valence-electron chi connectivity index (χ3n) is 4.95. The van der Waals surface area contributed by atoms with Crippen LogP contribution in [-0.2, 0) is 4.79 Å². The van der Waals surface area contributed by atoms with Crippen molar-refractivity contribution in [2.24, 2.45) is 0 Å². The molecule has 3 rings (SSSR count). The minimum Gasteiger partial charge on any atom is -0.491 e. The molecule has 2 heterocycles. The van der Waals surface area contributed by atoms with Crippen molar-refractivity contribution >= 4 is 5.91 Å². The lowest BCUT2D eigenvalue weighted by molar-refractivity contribution is -0.136. The maximum absolute atomic E-state index is 12.5. The minimum absolute atomic E-state index is 0.00478. The van der Waals surface area contributed by atoms with E-state index in [-0.39, 0.29) is 18.6 Å². The SMILES string of the molecule is O=C([C@H]1CCCCN1)N1CCN(CC(O)COc2ccccc2)CC1.